The lowest BCUT2D eigenvalue weighted by atomic mass is 10.2. The van der Waals surface area contributed by atoms with Crippen LogP contribution in [0.15, 0.2) is 66.5 Å². The van der Waals surface area contributed by atoms with Crippen LogP contribution in [0.2, 0.25) is 0 Å². The third-order valence-corrected chi connectivity index (χ3v) is 2.62. The Morgan fingerprint density at radius 1 is 1.20 bits per heavy atom. The number of hydrogen-bond donors (Lipinski definition) is 2. The lowest BCUT2D eigenvalue weighted by Crippen LogP contribution is -1.97. The maximum atomic E-state index is 5.84. The second-order valence-electron chi connectivity index (χ2n) is 4.02. The van der Waals surface area contributed by atoms with Gasteiger partial charge in [0.05, 0.1) is 5.69 Å². The lowest BCUT2D eigenvalue weighted by Gasteiger charge is -2.09. The van der Waals surface area contributed by atoms with Crippen LogP contribution in [-0.2, 0) is 0 Å². The summed E-state index contributed by atoms with van der Waals surface area (Å²) in [7, 11) is 0. The average Bonchev–Trinajstić information content (AvgIpc) is 2.70. The SMILES string of the molecule is C=CC1=CC=C(Oc2cc(N)ccc2N)C=CC1.CC. The standard InChI is InChI=1S/C15H16N2O.C2H6/c1-2-11-4-3-5-13(8-6-11)18-15-10-12(16)7-9-14(15)17;1-2/h2-3,5-10H,1,4,16-17H2;1-2H3. The Morgan fingerprint density at radius 2 is 1.95 bits per heavy atom. The highest BCUT2D eigenvalue weighted by atomic mass is 16.5. The summed E-state index contributed by atoms with van der Waals surface area (Å²) in [6.07, 6.45) is 10.5. The van der Waals surface area contributed by atoms with E-state index in [2.05, 4.69) is 6.58 Å². The van der Waals surface area contributed by atoms with Gasteiger partial charge in [-0.15, -0.1) is 0 Å². The van der Waals surface area contributed by atoms with Crippen LogP contribution in [0, 0.1) is 0 Å². The highest BCUT2D eigenvalue weighted by Crippen LogP contribution is 2.26. The number of hydrogen-bond acceptors (Lipinski definition) is 3. The van der Waals surface area contributed by atoms with Crippen LogP contribution in [0.5, 0.6) is 5.75 Å². The molecule has 0 aromatic heterocycles. The van der Waals surface area contributed by atoms with Crippen LogP contribution >= 0.6 is 0 Å². The van der Waals surface area contributed by atoms with E-state index >= 15 is 0 Å². The molecule has 0 aliphatic heterocycles. The summed E-state index contributed by atoms with van der Waals surface area (Å²) >= 11 is 0. The molecule has 0 saturated carbocycles. The van der Waals surface area contributed by atoms with Gasteiger partial charge in [-0.25, -0.2) is 0 Å². The van der Waals surface area contributed by atoms with Crippen molar-refractivity contribution in [2.45, 2.75) is 20.3 Å². The zero-order valence-corrected chi connectivity index (χ0v) is 12.1. The molecule has 0 spiro atoms. The minimum Gasteiger partial charge on any atom is -0.455 e. The maximum Gasteiger partial charge on any atom is 0.152 e. The normalized spacial score (nSPS) is 13.3. The van der Waals surface area contributed by atoms with E-state index in [0.29, 0.717) is 17.1 Å². The van der Waals surface area contributed by atoms with Gasteiger partial charge in [-0.1, -0.05) is 38.7 Å². The van der Waals surface area contributed by atoms with Gasteiger partial charge in [0.15, 0.2) is 5.75 Å². The topological polar surface area (TPSA) is 61.3 Å². The van der Waals surface area contributed by atoms with E-state index < -0.39 is 0 Å². The van der Waals surface area contributed by atoms with E-state index in [1.54, 1.807) is 18.2 Å². The third kappa shape index (κ3) is 4.35. The highest BCUT2D eigenvalue weighted by molar-refractivity contribution is 5.60. The predicted octanol–water partition coefficient (Wildman–Crippen LogP) is 4.21. The number of anilines is 2. The first-order valence-corrected chi connectivity index (χ1v) is 6.72. The van der Waals surface area contributed by atoms with Crippen LogP contribution in [0.25, 0.3) is 0 Å². The van der Waals surface area contributed by atoms with E-state index in [0.717, 1.165) is 17.8 Å². The molecular weight excluding hydrogens is 248 g/mol. The fraction of sp³-hybridized carbons (Fsp3) is 0.176. The van der Waals surface area contributed by atoms with E-state index in [4.69, 9.17) is 16.2 Å². The van der Waals surface area contributed by atoms with Crippen LogP contribution in [0.3, 0.4) is 0 Å². The van der Waals surface area contributed by atoms with Crippen molar-refractivity contribution in [3.05, 3.63) is 66.5 Å². The molecule has 1 aromatic carbocycles. The van der Waals surface area contributed by atoms with Crippen molar-refractivity contribution in [1.29, 1.82) is 0 Å². The smallest absolute Gasteiger partial charge is 0.152 e. The van der Waals surface area contributed by atoms with Crippen molar-refractivity contribution in [2.75, 3.05) is 11.5 Å². The Morgan fingerprint density at radius 3 is 2.65 bits per heavy atom. The third-order valence-electron chi connectivity index (χ3n) is 2.62. The van der Waals surface area contributed by atoms with Crippen molar-refractivity contribution in [1.82, 2.24) is 0 Å². The first kappa shape index (κ1) is 15.6. The fourth-order valence-corrected chi connectivity index (χ4v) is 1.61. The van der Waals surface area contributed by atoms with Crippen LogP contribution in [0.4, 0.5) is 11.4 Å². The van der Waals surface area contributed by atoms with Crippen molar-refractivity contribution in [2.24, 2.45) is 0 Å². The van der Waals surface area contributed by atoms with Crippen LogP contribution < -0.4 is 16.2 Å². The molecule has 0 atom stereocenters. The molecule has 0 bridgehead atoms. The minimum atomic E-state index is 0.565. The molecule has 4 N–H and O–H groups in total. The van der Waals surface area contributed by atoms with Gasteiger partial charge in [0.1, 0.15) is 5.76 Å². The van der Waals surface area contributed by atoms with Crippen molar-refractivity contribution in [3.63, 3.8) is 0 Å². The number of ether oxygens (including phenoxy) is 1. The Labute approximate surface area is 120 Å². The molecule has 0 heterocycles. The Bertz CT molecular complexity index is 554. The monoisotopic (exact) mass is 270 g/mol. The number of rotatable bonds is 3. The zero-order valence-electron chi connectivity index (χ0n) is 12.1. The first-order chi connectivity index (χ1) is 9.69. The van der Waals surface area contributed by atoms with Crippen LogP contribution in [-0.4, -0.2) is 0 Å². The number of benzene rings is 1. The summed E-state index contributed by atoms with van der Waals surface area (Å²) < 4.78 is 5.73. The molecule has 3 heteroatoms. The molecule has 0 saturated heterocycles. The molecule has 0 amide bonds. The molecule has 20 heavy (non-hydrogen) atoms. The summed E-state index contributed by atoms with van der Waals surface area (Å²) in [6, 6.07) is 5.19. The Kier molecular flexibility index (Phi) is 6.17. The summed E-state index contributed by atoms with van der Waals surface area (Å²) in [5.74, 6) is 1.30. The van der Waals surface area contributed by atoms with Gasteiger partial charge in [0.2, 0.25) is 0 Å². The number of nitrogen functional groups attached to an aromatic ring is 2. The Hall–Kier alpha value is -2.42. The van der Waals surface area contributed by atoms with E-state index in [9.17, 15) is 0 Å². The minimum absolute atomic E-state index is 0.565. The molecule has 0 unspecified atom stereocenters. The second kappa shape index (κ2) is 7.89. The summed E-state index contributed by atoms with van der Waals surface area (Å²) in [5, 5.41) is 0. The van der Waals surface area contributed by atoms with Gasteiger partial charge in [0, 0.05) is 11.8 Å². The number of allylic oxidation sites excluding steroid dienone is 6. The summed E-state index contributed by atoms with van der Waals surface area (Å²) in [4.78, 5) is 0. The van der Waals surface area contributed by atoms with E-state index in [-0.39, 0.29) is 0 Å². The van der Waals surface area contributed by atoms with Crippen LogP contribution in [0.1, 0.15) is 20.3 Å². The van der Waals surface area contributed by atoms with Gasteiger partial charge >= 0.3 is 0 Å². The van der Waals surface area contributed by atoms with E-state index in [1.807, 2.05) is 44.2 Å². The molecule has 1 aliphatic rings. The maximum absolute atomic E-state index is 5.84. The van der Waals surface area contributed by atoms with Gasteiger partial charge in [-0.2, -0.15) is 0 Å². The molecule has 106 valence electrons. The predicted molar refractivity (Wildman–Crippen MR) is 87.4 cm³/mol. The average molecular weight is 270 g/mol. The Balaban J connectivity index is 0.000000956. The van der Waals surface area contributed by atoms with Crippen molar-refractivity contribution >= 4 is 11.4 Å². The molecule has 2 rings (SSSR count). The molecule has 0 radical (unpaired) electrons. The highest BCUT2D eigenvalue weighted by Gasteiger charge is 2.04. The second-order valence-corrected chi connectivity index (χ2v) is 4.02. The van der Waals surface area contributed by atoms with Gasteiger partial charge in [-0.05, 0) is 36.3 Å². The lowest BCUT2D eigenvalue weighted by molar-refractivity contribution is 0.447. The molecule has 1 aliphatic carbocycles. The quantitative estimate of drug-likeness (QED) is 0.809. The van der Waals surface area contributed by atoms with Gasteiger partial charge < -0.3 is 16.2 Å². The molecule has 0 fully saturated rings. The van der Waals surface area contributed by atoms with Crippen molar-refractivity contribution in [3.8, 4) is 5.75 Å². The molecular formula is C17H22N2O. The van der Waals surface area contributed by atoms with Gasteiger partial charge in [0.25, 0.3) is 0 Å². The van der Waals surface area contributed by atoms with Crippen molar-refractivity contribution < 1.29 is 4.74 Å². The first-order valence-electron chi connectivity index (χ1n) is 6.72. The largest absolute Gasteiger partial charge is 0.455 e. The summed E-state index contributed by atoms with van der Waals surface area (Å²) in [6.45, 7) is 7.75. The fourth-order valence-electron chi connectivity index (χ4n) is 1.61. The number of nitrogens with two attached hydrogens (primary N) is 2. The zero-order chi connectivity index (χ0) is 15.0. The van der Waals surface area contributed by atoms with E-state index in [1.165, 1.54) is 0 Å². The molecule has 1 aromatic rings. The van der Waals surface area contributed by atoms with Gasteiger partial charge in [-0.3, -0.25) is 0 Å². The summed E-state index contributed by atoms with van der Waals surface area (Å²) in [5.41, 5.74) is 13.9. The molecule has 3 nitrogen and oxygen atoms in total.